The number of hydrogen-bond donors (Lipinski definition) is 2. The number of hydrogen-bond acceptors (Lipinski definition) is 5. The normalized spacial score (nSPS) is 10.9. The first kappa shape index (κ1) is 15.7. The molecule has 6 nitrogen and oxygen atoms in total. The first-order chi connectivity index (χ1) is 9.58. The summed E-state index contributed by atoms with van der Waals surface area (Å²) in [5, 5.41) is 11.1. The number of aliphatic hydroxyl groups excluding tert-OH is 1. The zero-order chi connectivity index (χ0) is 15.0. The average Bonchev–Trinajstić information content (AvgIpc) is 2.47. The van der Waals surface area contributed by atoms with E-state index in [0.717, 1.165) is 0 Å². The molecule has 0 aliphatic carbocycles. The largest absolute Gasteiger partial charge is 0.467 e. The molecule has 0 bridgehead atoms. The molecular formula is C14H16N2O4. The van der Waals surface area contributed by atoms with Gasteiger partial charge in [-0.3, -0.25) is 4.79 Å². The highest BCUT2D eigenvalue weighted by Crippen LogP contribution is 2.00. The molecule has 0 fully saturated rings. The van der Waals surface area contributed by atoms with Crippen LogP contribution in [-0.2, 0) is 9.53 Å². The van der Waals surface area contributed by atoms with E-state index in [1.165, 1.54) is 26.3 Å². The molecular weight excluding hydrogens is 260 g/mol. The number of carbonyl (C=O) groups excluding carboxylic acids is 2. The molecule has 0 saturated carbocycles. The van der Waals surface area contributed by atoms with E-state index >= 15 is 0 Å². The van der Waals surface area contributed by atoms with E-state index in [-0.39, 0.29) is 12.3 Å². The van der Waals surface area contributed by atoms with Crippen molar-refractivity contribution in [3.8, 4) is 11.8 Å². The van der Waals surface area contributed by atoms with Gasteiger partial charge in [-0.15, -0.1) is 0 Å². The zero-order valence-electron chi connectivity index (χ0n) is 11.3. The minimum Gasteiger partial charge on any atom is -0.467 e. The van der Waals surface area contributed by atoms with Crippen LogP contribution in [0.3, 0.4) is 0 Å². The molecule has 106 valence electrons. The number of aromatic nitrogens is 1. The van der Waals surface area contributed by atoms with Crippen molar-refractivity contribution < 1.29 is 19.4 Å². The number of carbonyl (C=O) groups is 2. The van der Waals surface area contributed by atoms with Gasteiger partial charge in [-0.25, -0.2) is 9.78 Å². The summed E-state index contributed by atoms with van der Waals surface area (Å²) in [6.07, 6.45) is 1.85. The van der Waals surface area contributed by atoms with Crippen molar-refractivity contribution in [2.45, 2.75) is 19.4 Å². The maximum atomic E-state index is 11.8. The fourth-order valence-electron chi connectivity index (χ4n) is 1.33. The first-order valence-corrected chi connectivity index (χ1v) is 6.03. The number of nitrogens with zero attached hydrogens (tertiary/aromatic N) is 1. The topological polar surface area (TPSA) is 88.5 Å². The fraction of sp³-hybridized carbons (Fsp3) is 0.357. The van der Waals surface area contributed by atoms with Crippen LogP contribution in [-0.4, -0.2) is 41.7 Å². The third-order valence-corrected chi connectivity index (χ3v) is 2.37. The Morgan fingerprint density at radius 2 is 2.25 bits per heavy atom. The Bertz CT molecular complexity index is 528. The van der Waals surface area contributed by atoms with E-state index in [2.05, 4.69) is 26.9 Å². The van der Waals surface area contributed by atoms with Crippen LogP contribution >= 0.6 is 0 Å². The molecule has 20 heavy (non-hydrogen) atoms. The average molecular weight is 276 g/mol. The molecule has 0 aliphatic heterocycles. The van der Waals surface area contributed by atoms with Crippen molar-refractivity contribution in [1.29, 1.82) is 0 Å². The van der Waals surface area contributed by atoms with Gasteiger partial charge in [0.1, 0.15) is 11.7 Å². The lowest BCUT2D eigenvalue weighted by Crippen LogP contribution is -2.39. The van der Waals surface area contributed by atoms with E-state index in [1.54, 1.807) is 6.07 Å². The second kappa shape index (κ2) is 7.92. The van der Waals surface area contributed by atoms with Crippen LogP contribution in [0.1, 0.15) is 29.4 Å². The van der Waals surface area contributed by atoms with Crippen molar-refractivity contribution in [2.75, 3.05) is 13.7 Å². The van der Waals surface area contributed by atoms with Crippen molar-refractivity contribution in [3.05, 3.63) is 29.6 Å². The fourth-order valence-corrected chi connectivity index (χ4v) is 1.33. The molecule has 1 unspecified atom stereocenters. The standard InChI is InChI=1S/C14H16N2O4/c1-10(14(19)20-2)16-13(18)12-7-6-11(9-15-12)5-3-4-8-17/h6-7,9-10,17H,4,8H2,1-2H3,(H,16,18). The van der Waals surface area contributed by atoms with E-state index in [9.17, 15) is 9.59 Å². The first-order valence-electron chi connectivity index (χ1n) is 6.03. The maximum Gasteiger partial charge on any atom is 0.328 e. The van der Waals surface area contributed by atoms with Crippen LogP contribution in [0.5, 0.6) is 0 Å². The van der Waals surface area contributed by atoms with Crippen molar-refractivity contribution in [2.24, 2.45) is 0 Å². The van der Waals surface area contributed by atoms with Gasteiger partial charge in [0.25, 0.3) is 5.91 Å². The van der Waals surface area contributed by atoms with Crippen LogP contribution in [0, 0.1) is 11.8 Å². The number of methoxy groups -OCH3 is 1. The van der Waals surface area contributed by atoms with Crippen LogP contribution in [0.4, 0.5) is 0 Å². The molecule has 0 radical (unpaired) electrons. The van der Waals surface area contributed by atoms with E-state index < -0.39 is 17.9 Å². The van der Waals surface area contributed by atoms with Crippen LogP contribution in [0.25, 0.3) is 0 Å². The van der Waals surface area contributed by atoms with Gasteiger partial charge in [0, 0.05) is 18.2 Å². The molecule has 1 atom stereocenters. The monoisotopic (exact) mass is 276 g/mol. The summed E-state index contributed by atoms with van der Waals surface area (Å²) in [5.74, 6) is 4.57. The molecule has 0 aliphatic rings. The van der Waals surface area contributed by atoms with E-state index in [1.807, 2.05) is 0 Å². The number of ether oxygens (including phenoxy) is 1. The van der Waals surface area contributed by atoms with Crippen LogP contribution < -0.4 is 5.32 Å². The third-order valence-electron chi connectivity index (χ3n) is 2.37. The number of aliphatic hydroxyl groups is 1. The van der Waals surface area contributed by atoms with E-state index in [4.69, 9.17) is 5.11 Å². The smallest absolute Gasteiger partial charge is 0.328 e. The Kier molecular flexibility index (Phi) is 6.20. The molecule has 1 aromatic heterocycles. The Morgan fingerprint density at radius 3 is 2.80 bits per heavy atom. The van der Waals surface area contributed by atoms with Crippen LogP contribution in [0.2, 0.25) is 0 Å². The minimum atomic E-state index is -0.738. The molecule has 6 heteroatoms. The number of nitrogens with one attached hydrogen (secondary N) is 1. The molecule has 1 aromatic rings. The quantitative estimate of drug-likeness (QED) is 0.602. The Morgan fingerprint density at radius 1 is 1.50 bits per heavy atom. The Balaban J connectivity index is 2.67. The molecule has 2 N–H and O–H groups in total. The lowest BCUT2D eigenvalue weighted by Gasteiger charge is -2.10. The Labute approximate surface area is 117 Å². The lowest BCUT2D eigenvalue weighted by atomic mass is 10.2. The molecule has 0 saturated heterocycles. The number of rotatable bonds is 4. The second-order valence-corrected chi connectivity index (χ2v) is 3.93. The summed E-state index contributed by atoms with van der Waals surface area (Å²) in [7, 11) is 1.25. The van der Waals surface area contributed by atoms with Gasteiger partial charge in [-0.2, -0.15) is 0 Å². The predicted molar refractivity (Wildman–Crippen MR) is 71.8 cm³/mol. The zero-order valence-corrected chi connectivity index (χ0v) is 11.3. The van der Waals surface area contributed by atoms with Crippen LogP contribution in [0.15, 0.2) is 18.3 Å². The predicted octanol–water partition coefficient (Wildman–Crippen LogP) is 0.107. The number of esters is 1. The summed E-state index contributed by atoms with van der Waals surface area (Å²) in [6, 6.07) is 2.43. The highest BCUT2D eigenvalue weighted by molar-refractivity contribution is 5.95. The van der Waals surface area contributed by atoms with Gasteiger partial charge in [-0.05, 0) is 19.1 Å². The van der Waals surface area contributed by atoms with Gasteiger partial charge in [-0.1, -0.05) is 11.8 Å². The molecule has 0 aromatic carbocycles. The van der Waals surface area contributed by atoms with Gasteiger partial charge in [0.05, 0.1) is 13.7 Å². The minimum absolute atomic E-state index is 0.00628. The number of pyridine rings is 1. The highest BCUT2D eigenvalue weighted by atomic mass is 16.5. The highest BCUT2D eigenvalue weighted by Gasteiger charge is 2.17. The van der Waals surface area contributed by atoms with Crippen molar-refractivity contribution in [3.63, 3.8) is 0 Å². The molecule has 1 rings (SSSR count). The summed E-state index contributed by atoms with van der Waals surface area (Å²) in [4.78, 5) is 26.9. The summed E-state index contributed by atoms with van der Waals surface area (Å²) >= 11 is 0. The van der Waals surface area contributed by atoms with Crippen molar-refractivity contribution >= 4 is 11.9 Å². The lowest BCUT2D eigenvalue weighted by molar-refractivity contribution is -0.142. The van der Waals surface area contributed by atoms with Crippen molar-refractivity contribution in [1.82, 2.24) is 10.3 Å². The van der Waals surface area contributed by atoms with Gasteiger partial charge in [0.2, 0.25) is 0 Å². The van der Waals surface area contributed by atoms with Gasteiger partial charge < -0.3 is 15.2 Å². The summed E-state index contributed by atoms with van der Waals surface area (Å²) in [5.41, 5.74) is 0.837. The second-order valence-electron chi connectivity index (χ2n) is 3.93. The van der Waals surface area contributed by atoms with E-state index in [0.29, 0.717) is 12.0 Å². The number of amides is 1. The molecule has 1 heterocycles. The third kappa shape index (κ3) is 4.71. The molecule has 0 spiro atoms. The van der Waals surface area contributed by atoms with Gasteiger partial charge >= 0.3 is 5.97 Å². The molecule has 1 amide bonds. The Hall–Kier alpha value is -2.39. The maximum absolute atomic E-state index is 11.8. The van der Waals surface area contributed by atoms with Gasteiger partial charge in [0.15, 0.2) is 0 Å². The summed E-state index contributed by atoms with van der Waals surface area (Å²) < 4.78 is 4.51. The summed E-state index contributed by atoms with van der Waals surface area (Å²) in [6.45, 7) is 1.53. The SMILES string of the molecule is COC(=O)C(C)NC(=O)c1ccc(C#CCCO)cn1.